The van der Waals surface area contributed by atoms with Gasteiger partial charge in [0.25, 0.3) is 0 Å². The number of nitrogens with zero attached hydrogens (tertiary/aromatic N) is 2. The van der Waals surface area contributed by atoms with Gasteiger partial charge in [-0.1, -0.05) is 12.1 Å². The Morgan fingerprint density at radius 2 is 2.00 bits per heavy atom. The molecular weight excluding hydrogens is 264 g/mol. The van der Waals surface area contributed by atoms with Gasteiger partial charge in [0, 0.05) is 18.8 Å². The van der Waals surface area contributed by atoms with Crippen molar-refractivity contribution in [2.75, 3.05) is 14.1 Å². The van der Waals surface area contributed by atoms with Crippen molar-refractivity contribution in [2.24, 2.45) is 0 Å². The van der Waals surface area contributed by atoms with Gasteiger partial charge < -0.3 is 9.32 Å². The zero-order valence-corrected chi connectivity index (χ0v) is 12.0. The minimum absolute atomic E-state index is 0.0440. The lowest BCUT2D eigenvalue weighted by molar-refractivity contribution is 0.402. The van der Waals surface area contributed by atoms with Crippen LogP contribution < -0.4 is 5.43 Å². The van der Waals surface area contributed by atoms with Gasteiger partial charge in [0.2, 0.25) is 0 Å². The van der Waals surface area contributed by atoms with E-state index < -0.39 is 0 Å². The Balaban J connectivity index is 2.11. The number of aromatic nitrogens is 1. The van der Waals surface area contributed by atoms with Crippen molar-refractivity contribution in [1.82, 2.24) is 9.88 Å². The van der Waals surface area contributed by atoms with Crippen LogP contribution >= 0.6 is 0 Å². The molecule has 106 valence electrons. The molecule has 0 spiro atoms. The van der Waals surface area contributed by atoms with E-state index in [0.29, 0.717) is 22.4 Å². The van der Waals surface area contributed by atoms with E-state index in [2.05, 4.69) is 9.88 Å². The number of benzene rings is 1. The summed E-state index contributed by atoms with van der Waals surface area (Å²) in [6, 6.07) is 12.7. The van der Waals surface area contributed by atoms with Gasteiger partial charge in [0.05, 0.1) is 5.39 Å². The van der Waals surface area contributed by atoms with Gasteiger partial charge in [-0.3, -0.25) is 9.78 Å². The molecule has 0 N–H and O–H groups in total. The minimum Gasteiger partial charge on any atom is -0.454 e. The Labute approximate surface area is 122 Å². The fourth-order valence-electron chi connectivity index (χ4n) is 2.30. The van der Waals surface area contributed by atoms with Crippen LogP contribution in [0.4, 0.5) is 0 Å². The number of pyridine rings is 1. The van der Waals surface area contributed by atoms with Crippen molar-refractivity contribution in [3.8, 4) is 11.5 Å². The quantitative estimate of drug-likeness (QED) is 0.740. The first-order valence-electron chi connectivity index (χ1n) is 6.76. The molecule has 0 unspecified atom stereocenters. The van der Waals surface area contributed by atoms with Crippen LogP contribution in [-0.2, 0) is 6.54 Å². The van der Waals surface area contributed by atoms with Crippen LogP contribution in [0.3, 0.4) is 0 Å². The first-order chi connectivity index (χ1) is 10.1. The maximum atomic E-state index is 12.3. The zero-order valence-electron chi connectivity index (χ0n) is 12.0. The van der Waals surface area contributed by atoms with Crippen LogP contribution in [-0.4, -0.2) is 24.0 Å². The van der Waals surface area contributed by atoms with Gasteiger partial charge in [-0.25, -0.2) is 0 Å². The van der Waals surface area contributed by atoms with E-state index in [0.717, 1.165) is 12.1 Å². The zero-order chi connectivity index (χ0) is 14.8. The third-order valence-electron chi connectivity index (χ3n) is 3.21. The number of hydrogen-bond acceptors (Lipinski definition) is 4. The fourth-order valence-corrected chi connectivity index (χ4v) is 2.30. The topological polar surface area (TPSA) is 46.3 Å². The summed E-state index contributed by atoms with van der Waals surface area (Å²) >= 11 is 0. The highest BCUT2D eigenvalue weighted by Gasteiger charge is 2.08. The molecule has 2 aromatic heterocycles. The summed E-state index contributed by atoms with van der Waals surface area (Å²) < 4.78 is 5.81. The lowest BCUT2D eigenvalue weighted by Gasteiger charge is -2.10. The molecule has 0 aliphatic heterocycles. The molecule has 2 heterocycles. The second-order valence-electron chi connectivity index (χ2n) is 5.26. The van der Waals surface area contributed by atoms with Crippen molar-refractivity contribution in [3.05, 3.63) is 64.4 Å². The second-order valence-corrected chi connectivity index (χ2v) is 5.26. The lowest BCUT2D eigenvalue weighted by Crippen LogP contribution is -2.11. The third kappa shape index (κ3) is 2.85. The van der Waals surface area contributed by atoms with Gasteiger partial charge >= 0.3 is 0 Å². The second kappa shape index (κ2) is 5.50. The smallest absolute Gasteiger partial charge is 0.193 e. The standard InChI is InChI=1S/C17H16N2O2/c1-19(2)11-12-6-7-16-13(9-12)15(20)10-17(21-16)14-5-3-4-8-18-14/h3-10H,11H2,1-2H3. The van der Waals surface area contributed by atoms with Crippen molar-refractivity contribution in [3.63, 3.8) is 0 Å². The van der Waals surface area contributed by atoms with Crippen LogP contribution in [0.1, 0.15) is 5.56 Å². The van der Waals surface area contributed by atoms with Crippen LogP contribution in [0.25, 0.3) is 22.4 Å². The number of fused-ring (bicyclic) bond motifs is 1. The summed E-state index contributed by atoms with van der Waals surface area (Å²) in [5.74, 6) is 0.494. The van der Waals surface area contributed by atoms with Crippen LogP contribution in [0.2, 0.25) is 0 Å². The van der Waals surface area contributed by atoms with E-state index in [1.807, 2.05) is 50.5 Å². The number of hydrogen-bond donors (Lipinski definition) is 0. The molecule has 4 heteroatoms. The van der Waals surface area contributed by atoms with E-state index >= 15 is 0 Å². The molecule has 0 saturated heterocycles. The van der Waals surface area contributed by atoms with Crippen LogP contribution in [0.15, 0.2) is 57.9 Å². The maximum Gasteiger partial charge on any atom is 0.193 e. The molecule has 0 fully saturated rings. The summed E-state index contributed by atoms with van der Waals surface area (Å²) in [4.78, 5) is 18.6. The Morgan fingerprint density at radius 1 is 1.14 bits per heavy atom. The normalized spacial score (nSPS) is 11.2. The molecule has 1 aromatic carbocycles. The highest BCUT2D eigenvalue weighted by Crippen LogP contribution is 2.21. The molecule has 3 aromatic rings. The van der Waals surface area contributed by atoms with Gasteiger partial charge in [-0.15, -0.1) is 0 Å². The van der Waals surface area contributed by atoms with Gasteiger partial charge in [0.1, 0.15) is 11.3 Å². The largest absolute Gasteiger partial charge is 0.454 e. The predicted octanol–water partition coefficient (Wildman–Crippen LogP) is 2.92. The molecule has 0 atom stereocenters. The van der Waals surface area contributed by atoms with Crippen molar-refractivity contribution in [1.29, 1.82) is 0 Å². The van der Waals surface area contributed by atoms with Crippen molar-refractivity contribution < 1.29 is 4.42 Å². The highest BCUT2D eigenvalue weighted by atomic mass is 16.3. The molecule has 0 aliphatic rings. The lowest BCUT2D eigenvalue weighted by atomic mass is 10.1. The summed E-state index contributed by atoms with van der Waals surface area (Å²) in [5, 5.41) is 0.606. The molecule has 0 amide bonds. The van der Waals surface area contributed by atoms with Crippen LogP contribution in [0, 0.1) is 0 Å². The molecule has 21 heavy (non-hydrogen) atoms. The molecule has 0 bridgehead atoms. The Kier molecular flexibility index (Phi) is 3.54. The molecular formula is C17H16N2O2. The first kappa shape index (κ1) is 13.5. The Morgan fingerprint density at radius 3 is 2.71 bits per heavy atom. The van der Waals surface area contributed by atoms with E-state index in [1.165, 1.54) is 6.07 Å². The van der Waals surface area contributed by atoms with Crippen molar-refractivity contribution >= 4 is 11.0 Å². The third-order valence-corrected chi connectivity index (χ3v) is 3.21. The average molecular weight is 280 g/mol. The predicted molar refractivity (Wildman–Crippen MR) is 83.1 cm³/mol. The van der Waals surface area contributed by atoms with E-state index in [-0.39, 0.29) is 5.43 Å². The fraction of sp³-hybridized carbons (Fsp3) is 0.176. The van der Waals surface area contributed by atoms with Gasteiger partial charge in [0.15, 0.2) is 11.2 Å². The summed E-state index contributed by atoms with van der Waals surface area (Å²) in [6.45, 7) is 0.789. The van der Waals surface area contributed by atoms with Gasteiger partial charge in [-0.2, -0.15) is 0 Å². The van der Waals surface area contributed by atoms with Gasteiger partial charge in [-0.05, 0) is 43.9 Å². The summed E-state index contributed by atoms with van der Waals surface area (Å²) in [5.41, 5.74) is 2.29. The van der Waals surface area contributed by atoms with Crippen molar-refractivity contribution in [2.45, 2.75) is 6.54 Å². The maximum absolute atomic E-state index is 12.3. The summed E-state index contributed by atoms with van der Waals surface area (Å²) in [7, 11) is 3.99. The molecule has 3 rings (SSSR count). The van der Waals surface area contributed by atoms with E-state index in [1.54, 1.807) is 6.20 Å². The average Bonchev–Trinajstić information content (AvgIpc) is 2.48. The monoisotopic (exact) mass is 280 g/mol. The molecule has 0 saturated carbocycles. The van der Waals surface area contributed by atoms with E-state index in [4.69, 9.17) is 4.42 Å². The Hall–Kier alpha value is -2.46. The molecule has 4 nitrogen and oxygen atoms in total. The summed E-state index contributed by atoms with van der Waals surface area (Å²) in [6.07, 6.45) is 1.68. The minimum atomic E-state index is -0.0440. The Bertz CT molecular complexity index is 823. The number of rotatable bonds is 3. The molecule has 0 aliphatic carbocycles. The molecule has 0 radical (unpaired) electrons. The van der Waals surface area contributed by atoms with E-state index in [9.17, 15) is 4.79 Å². The highest BCUT2D eigenvalue weighted by molar-refractivity contribution is 5.79. The first-order valence-corrected chi connectivity index (χ1v) is 6.76. The SMILES string of the molecule is CN(C)Cc1ccc2oc(-c3ccccn3)cc(=O)c2c1. The van der Waals surface area contributed by atoms with Crippen LogP contribution in [0.5, 0.6) is 0 Å².